The minimum absolute atomic E-state index is 0.108. The lowest BCUT2D eigenvalue weighted by atomic mass is 9.95. The molecule has 0 aliphatic rings. The lowest BCUT2D eigenvalue weighted by Crippen LogP contribution is -2.29. The molecule has 0 aliphatic carbocycles. The summed E-state index contributed by atoms with van der Waals surface area (Å²) in [5, 5.41) is 16.3. The molecule has 0 atom stereocenters. The molecule has 3 aromatic carbocycles. The molecule has 0 radical (unpaired) electrons. The predicted octanol–water partition coefficient (Wildman–Crippen LogP) is 6.13. The second-order valence-electron chi connectivity index (χ2n) is 9.47. The largest absolute Gasteiger partial charge is 0.488 e. The summed E-state index contributed by atoms with van der Waals surface area (Å²) in [6.45, 7) is 8.09. The van der Waals surface area contributed by atoms with Crippen molar-refractivity contribution in [2.45, 2.75) is 39.7 Å². The van der Waals surface area contributed by atoms with Crippen molar-refractivity contribution in [3.63, 3.8) is 0 Å². The van der Waals surface area contributed by atoms with Gasteiger partial charge >= 0.3 is 0 Å². The number of hydrogen-bond acceptors (Lipinski definition) is 6. The monoisotopic (exact) mass is 548 g/mol. The van der Waals surface area contributed by atoms with E-state index in [-0.39, 0.29) is 17.9 Å². The normalized spacial score (nSPS) is 11.8. The van der Waals surface area contributed by atoms with Gasteiger partial charge in [0.2, 0.25) is 0 Å². The van der Waals surface area contributed by atoms with E-state index in [1.165, 1.54) is 23.0 Å². The van der Waals surface area contributed by atoms with Crippen LogP contribution >= 0.6 is 15.9 Å². The van der Waals surface area contributed by atoms with Crippen molar-refractivity contribution >= 4 is 38.7 Å². The third-order valence-electron chi connectivity index (χ3n) is 5.47. The maximum absolute atomic E-state index is 13.4. The Hall–Kier alpha value is -3.85. The van der Waals surface area contributed by atoms with Gasteiger partial charge < -0.3 is 4.74 Å². The fourth-order valence-electron chi connectivity index (χ4n) is 3.71. The maximum atomic E-state index is 13.4. The van der Waals surface area contributed by atoms with Crippen LogP contribution in [-0.4, -0.2) is 20.8 Å². The number of hydrogen-bond donors (Lipinski definition) is 0. The van der Waals surface area contributed by atoms with Crippen LogP contribution in [0.3, 0.4) is 0 Å². The summed E-state index contributed by atoms with van der Waals surface area (Å²) in [5.41, 5.74) is 2.07. The van der Waals surface area contributed by atoms with E-state index in [0.29, 0.717) is 28.0 Å². The van der Waals surface area contributed by atoms with Gasteiger partial charge in [-0.2, -0.15) is 9.78 Å². The number of rotatable bonds is 6. The average Bonchev–Trinajstić information content (AvgIpc) is 2.82. The highest BCUT2D eigenvalue weighted by molar-refractivity contribution is 9.10. The van der Waals surface area contributed by atoms with E-state index in [9.17, 15) is 14.9 Å². The molecule has 8 nitrogen and oxygen atoms in total. The van der Waals surface area contributed by atoms with Crippen LogP contribution in [0.2, 0.25) is 0 Å². The van der Waals surface area contributed by atoms with E-state index < -0.39 is 10.3 Å². The van der Waals surface area contributed by atoms with E-state index in [1.807, 2.05) is 58.0 Å². The number of non-ortho nitro benzene ring substituents is 1. The summed E-state index contributed by atoms with van der Waals surface area (Å²) in [7, 11) is 0. The van der Waals surface area contributed by atoms with Gasteiger partial charge in [-0.3, -0.25) is 14.9 Å². The van der Waals surface area contributed by atoms with Crippen LogP contribution < -0.4 is 10.3 Å². The first kappa shape index (κ1) is 25.2. The molecule has 0 N–H and O–H groups in total. The highest BCUT2D eigenvalue weighted by atomic mass is 79.9. The number of halogens is 1. The zero-order valence-corrected chi connectivity index (χ0v) is 21.9. The third kappa shape index (κ3) is 5.52. The molecule has 0 bridgehead atoms. The zero-order valence-electron chi connectivity index (χ0n) is 20.4. The van der Waals surface area contributed by atoms with Gasteiger partial charge in [0.25, 0.3) is 11.2 Å². The van der Waals surface area contributed by atoms with Crippen LogP contribution in [0, 0.1) is 17.0 Å². The molecule has 1 aromatic heterocycles. The topological polar surface area (TPSA) is 99.6 Å². The third-order valence-corrected chi connectivity index (χ3v) is 5.97. The Morgan fingerprint density at radius 2 is 1.92 bits per heavy atom. The summed E-state index contributed by atoms with van der Waals surface area (Å²) < 4.78 is 7.99. The molecule has 0 aliphatic heterocycles. The van der Waals surface area contributed by atoms with Gasteiger partial charge in [0.05, 0.1) is 22.0 Å². The van der Waals surface area contributed by atoms with Crippen LogP contribution in [0.15, 0.2) is 75.0 Å². The van der Waals surface area contributed by atoms with Crippen LogP contribution in [-0.2, 0) is 12.0 Å². The summed E-state index contributed by atoms with van der Waals surface area (Å²) in [6, 6.07) is 17.5. The maximum Gasteiger partial charge on any atom is 0.282 e. The van der Waals surface area contributed by atoms with Gasteiger partial charge in [0.15, 0.2) is 0 Å². The van der Waals surface area contributed by atoms with Crippen LogP contribution in [0.25, 0.3) is 10.9 Å². The SMILES string of the molecule is Cc1cccc(COc2ccc([N+](=O)[O-])cc2C=Nn2c(C(C)(C)C)nc3ccc(Br)cc3c2=O)c1. The number of aromatic nitrogens is 2. The summed E-state index contributed by atoms with van der Waals surface area (Å²) in [4.78, 5) is 29.1. The van der Waals surface area contributed by atoms with E-state index in [2.05, 4.69) is 21.0 Å². The molecular weight excluding hydrogens is 524 g/mol. The molecule has 0 unspecified atom stereocenters. The quantitative estimate of drug-likeness (QED) is 0.164. The van der Waals surface area contributed by atoms with Crippen molar-refractivity contribution in [2.24, 2.45) is 5.10 Å². The molecule has 9 heteroatoms. The number of ether oxygens (including phenoxy) is 1. The van der Waals surface area contributed by atoms with E-state index in [1.54, 1.807) is 18.2 Å². The summed E-state index contributed by atoms with van der Waals surface area (Å²) in [5.74, 6) is 0.874. The smallest absolute Gasteiger partial charge is 0.282 e. The van der Waals surface area contributed by atoms with Crippen molar-refractivity contribution in [1.29, 1.82) is 0 Å². The number of nitro benzene ring substituents is 1. The van der Waals surface area contributed by atoms with E-state index in [4.69, 9.17) is 9.72 Å². The Kier molecular flexibility index (Phi) is 7.03. The molecule has 0 amide bonds. The molecule has 36 heavy (non-hydrogen) atoms. The lowest BCUT2D eigenvalue weighted by Gasteiger charge is -2.21. The van der Waals surface area contributed by atoms with E-state index >= 15 is 0 Å². The van der Waals surface area contributed by atoms with Crippen molar-refractivity contribution in [3.05, 3.63) is 108 Å². The number of nitrogens with zero attached hydrogens (tertiary/aromatic N) is 4. The van der Waals surface area contributed by atoms with Crippen molar-refractivity contribution in [2.75, 3.05) is 0 Å². The van der Waals surface area contributed by atoms with Crippen LogP contribution in [0.1, 0.15) is 43.3 Å². The molecule has 4 aromatic rings. The van der Waals surface area contributed by atoms with Gasteiger partial charge in [-0.05, 0) is 36.8 Å². The Morgan fingerprint density at radius 3 is 2.61 bits per heavy atom. The van der Waals surface area contributed by atoms with E-state index in [0.717, 1.165) is 15.6 Å². The first-order valence-corrected chi connectivity index (χ1v) is 12.1. The number of fused-ring (bicyclic) bond motifs is 1. The second kappa shape index (κ2) is 10.0. The minimum atomic E-state index is -0.495. The Bertz CT molecular complexity index is 1550. The molecule has 0 fully saturated rings. The fraction of sp³-hybridized carbons (Fsp3) is 0.222. The van der Waals surface area contributed by atoms with Gasteiger partial charge in [-0.25, -0.2) is 4.98 Å². The molecule has 0 saturated heterocycles. The molecule has 184 valence electrons. The van der Waals surface area contributed by atoms with Crippen LogP contribution in [0.4, 0.5) is 5.69 Å². The Morgan fingerprint density at radius 1 is 1.14 bits per heavy atom. The second-order valence-corrected chi connectivity index (χ2v) is 10.4. The first-order valence-electron chi connectivity index (χ1n) is 11.3. The van der Waals surface area contributed by atoms with Gasteiger partial charge in [-0.15, -0.1) is 0 Å². The number of nitro groups is 1. The summed E-state index contributed by atoms with van der Waals surface area (Å²) >= 11 is 3.40. The first-order chi connectivity index (χ1) is 17.0. The highest BCUT2D eigenvalue weighted by Gasteiger charge is 2.23. The number of aryl methyl sites for hydroxylation is 1. The van der Waals surface area contributed by atoms with Gasteiger partial charge in [0.1, 0.15) is 18.2 Å². The van der Waals surface area contributed by atoms with Crippen LogP contribution in [0.5, 0.6) is 5.75 Å². The van der Waals surface area contributed by atoms with Crippen molar-refractivity contribution in [3.8, 4) is 5.75 Å². The van der Waals surface area contributed by atoms with Gasteiger partial charge in [-0.1, -0.05) is 66.5 Å². The van der Waals surface area contributed by atoms with Gasteiger partial charge in [0, 0.05) is 27.6 Å². The van der Waals surface area contributed by atoms with Crippen molar-refractivity contribution in [1.82, 2.24) is 9.66 Å². The number of benzene rings is 3. The fourth-order valence-corrected chi connectivity index (χ4v) is 4.07. The van der Waals surface area contributed by atoms with Crippen molar-refractivity contribution < 1.29 is 9.66 Å². The highest BCUT2D eigenvalue weighted by Crippen LogP contribution is 2.26. The lowest BCUT2D eigenvalue weighted by molar-refractivity contribution is -0.384. The summed E-state index contributed by atoms with van der Waals surface area (Å²) in [6.07, 6.45) is 1.40. The minimum Gasteiger partial charge on any atom is -0.488 e. The average molecular weight is 549 g/mol. The molecule has 0 spiro atoms. The molecule has 4 rings (SSSR count). The Labute approximate surface area is 216 Å². The molecule has 1 heterocycles. The molecule has 0 saturated carbocycles. The molecular formula is C27H25BrN4O4. The zero-order chi connectivity index (χ0) is 26.0. The Balaban J connectivity index is 1.80. The standard InChI is InChI=1S/C27H25BrN4O4/c1-17-6-5-7-18(12-17)16-36-24-11-9-21(32(34)35)13-19(24)15-29-31-25(33)22-14-20(28)8-10-23(22)30-26(31)27(2,3)4/h5-15H,16H2,1-4H3. The predicted molar refractivity (Wildman–Crippen MR) is 144 cm³/mol.